The number of aromatic nitrogens is 2. The Labute approximate surface area is 155 Å². The third kappa shape index (κ3) is 4.18. The van der Waals surface area contributed by atoms with Gasteiger partial charge in [-0.1, -0.05) is 36.0 Å². The predicted molar refractivity (Wildman–Crippen MR) is 101 cm³/mol. The summed E-state index contributed by atoms with van der Waals surface area (Å²) in [5, 5.41) is 8.94. The van der Waals surface area contributed by atoms with Gasteiger partial charge in [-0.2, -0.15) is 0 Å². The molecule has 0 aliphatic carbocycles. The van der Waals surface area contributed by atoms with Crippen molar-refractivity contribution in [1.82, 2.24) is 9.97 Å². The first-order valence-corrected chi connectivity index (χ1v) is 10.1. The second-order valence-corrected chi connectivity index (χ2v) is 8.41. The van der Waals surface area contributed by atoms with Crippen molar-refractivity contribution in [2.24, 2.45) is 5.14 Å². The largest absolute Gasteiger partial charge is 0.325 e. The minimum absolute atomic E-state index is 0.0580. The molecular weight excluding hydrogens is 372 g/mol. The number of primary sulfonamides is 1. The van der Waals surface area contributed by atoms with Crippen LogP contribution in [0, 0.1) is 0 Å². The molecule has 2 aromatic carbocycles. The Morgan fingerprint density at radius 1 is 1.15 bits per heavy atom. The van der Waals surface area contributed by atoms with Crippen molar-refractivity contribution in [3.63, 3.8) is 0 Å². The van der Waals surface area contributed by atoms with Crippen LogP contribution in [0.15, 0.2) is 64.8 Å². The summed E-state index contributed by atoms with van der Waals surface area (Å²) in [6.07, 6.45) is 1.46. The van der Waals surface area contributed by atoms with Gasteiger partial charge in [-0.25, -0.2) is 23.5 Å². The number of nitrogens with one attached hydrogen (secondary N) is 1. The van der Waals surface area contributed by atoms with Crippen LogP contribution < -0.4 is 10.5 Å². The standard InChI is InChI=1S/C17H16N4O3S2/c1-11(25-17-14-7-2-3-8-15(14)19-10-20-17)16(22)21-12-5-4-6-13(9-12)26(18,23)24/h2-11H,1H3,(H,21,22)(H2,18,23,24). The van der Waals surface area contributed by atoms with E-state index in [0.717, 1.165) is 10.9 Å². The van der Waals surface area contributed by atoms with Crippen LogP contribution in [0.5, 0.6) is 0 Å². The van der Waals surface area contributed by atoms with Crippen molar-refractivity contribution in [1.29, 1.82) is 0 Å². The van der Waals surface area contributed by atoms with E-state index in [1.54, 1.807) is 13.0 Å². The van der Waals surface area contributed by atoms with Crippen LogP contribution in [0.4, 0.5) is 5.69 Å². The summed E-state index contributed by atoms with van der Waals surface area (Å²) in [6, 6.07) is 13.4. The maximum Gasteiger partial charge on any atom is 0.238 e. The molecule has 0 radical (unpaired) electrons. The number of amides is 1. The van der Waals surface area contributed by atoms with Crippen LogP contribution in [0.2, 0.25) is 0 Å². The quantitative estimate of drug-likeness (QED) is 0.512. The normalized spacial score (nSPS) is 12.7. The van der Waals surface area contributed by atoms with Crippen molar-refractivity contribution >= 4 is 44.3 Å². The number of para-hydroxylation sites is 1. The van der Waals surface area contributed by atoms with Crippen molar-refractivity contribution in [2.45, 2.75) is 22.1 Å². The topological polar surface area (TPSA) is 115 Å². The molecule has 1 amide bonds. The molecule has 1 aromatic heterocycles. The molecule has 9 heteroatoms. The van der Waals surface area contributed by atoms with Gasteiger partial charge in [-0.3, -0.25) is 4.79 Å². The van der Waals surface area contributed by atoms with E-state index < -0.39 is 15.3 Å². The number of benzene rings is 2. The number of thioether (sulfide) groups is 1. The van der Waals surface area contributed by atoms with Crippen LogP contribution in [-0.2, 0) is 14.8 Å². The first kappa shape index (κ1) is 18.3. The molecule has 0 saturated carbocycles. The van der Waals surface area contributed by atoms with Gasteiger partial charge in [0.1, 0.15) is 11.4 Å². The number of sulfonamides is 1. The molecule has 0 aliphatic heterocycles. The number of carbonyl (C=O) groups excluding carboxylic acids is 1. The highest BCUT2D eigenvalue weighted by Gasteiger charge is 2.18. The van der Waals surface area contributed by atoms with Crippen LogP contribution in [0.1, 0.15) is 6.92 Å². The number of nitrogens with two attached hydrogens (primary N) is 1. The number of hydrogen-bond donors (Lipinski definition) is 2. The van der Waals surface area contributed by atoms with E-state index in [4.69, 9.17) is 5.14 Å². The minimum Gasteiger partial charge on any atom is -0.325 e. The maximum atomic E-state index is 12.5. The molecule has 0 spiro atoms. The minimum atomic E-state index is -3.83. The first-order valence-electron chi connectivity index (χ1n) is 7.65. The molecular formula is C17H16N4O3S2. The fourth-order valence-corrected chi connectivity index (χ4v) is 3.76. The SMILES string of the molecule is CC(Sc1ncnc2ccccc12)C(=O)Nc1cccc(S(N)(=O)=O)c1. The number of hydrogen-bond acceptors (Lipinski definition) is 6. The Kier molecular flexibility index (Phi) is 5.21. The molecule has 1 atom stereocenters. The highest BCUT2D eigenvalue weighted by molar-refractivity contribution is 8.00. The lowest BCUT2D eigenvalue weighted by Crippen LogP contribution is -2.23. The number of rotatable bonds is 5. The molecule has 0 aliphatic rings. The van der Waals surface area contributed by atoms with Gasteiger partial charge in [-0.05, 0) is 31.2 Å². The van der Waals surface area contributed by atoms with E-state index in [-0.39, 0.29) is 10.8 Å². The summed E-state index contributed by atoms with van der Waals surface area (Å²) < 4.78 is 22.8. The second kappa shape index (κ2) is 7.40. The third-order valence-electron chi connectivity index (χ3n) is 3.59. The van der Waals surface area contributed by atoms with E-state index in [1.807, 2.05) is 24.3 Å². The molecule has 134 valence electrons. The summed E-state index contributed by atoms with van der Waals surface area (Å²) in [7, 11) is -3.83. The van der Waals surface area contributed by atoms with E-state index in [2.05, 4.69) is 15.3 Å². The molecule has 1 heterocycles. The molecule has 3 rings (SSSR count). The van der Waals surface area contributed by atoms with Gasteiger partial charge in [0.25, 0.3) is 0 Å². The Morgan fingerprint density at radius 3 is 2.69 bits per heavy atom. The Hall–Kier alpha value is -2.49. The van der Waals surface area contributed by atoms with E-state index >= 15 is 0 Å². The Bertz CT molecular complexity index is 1070. The number of nitrogens with zero attached hydrogens (tertiary/aromatic N) is 2. The summed E-state index contributed by atoms with van der Waals surface area (Å²) in [5.74, 6) is -0.274. The Balaban J connectivity index is 1.76. The van der Waals surface area contributed by atoms with E-state index in [1.165, 1.54) is 36.3 Å². The predicted octanol–water partition coefficient (Wildman–Crippen LogP) is 2.40. The lowest BCUT2D eigenvalue weighted by Gasteiger charge is -2.13. The lowest BCUT2D eigenvalue weighted by molar-refractivity contribution is -0.115. The van der Waals surface area contributed by atoms with Gasteiger partial charge in [0.05, 0.1) is 15.7 Å². The zero-order chi connectivity index (χ0) is 18.7. The summed E-state index contributed by atoms with van der Waals surface area (Å²) in [5.41, 5.74) is 1.17. The lowest BCUT2D eigenvalue weighted by atomic mass is 10.2. The molecule has 7 nitrogen and oxygen atoms in total. The summed E-state index contributed by atoms with van der Waals surface area (Å²) in [4.78, 5) is 20.9. The van der Waals surface area contributed by atoms with E-state index in [0.29, 0.717) is 10.7 Å². The van der Waals surface area contributed by atoms with Gasteiger partial charge < -0.3 is 5.32 Å². The maximum absolute atomic E-state index is 12.5. The van der Waals surface area contributed by atoms with Gasteiger partial charge >= 0.3 is 0 Å². The molecule has 0 saturated heterocycles. The van der Waals surface area contributed by atoms with Crippen molar-refractivity contribution in [3.05, 3.63) is 54.9 Å². The average Bonchev–Trinajstić information content (AvgIpc) is 2.61. The van der Waals surface area contributed by atoms with E-state index in [9.17, 15) is 13.2 Å². The number of carbonyl (C=O) groups is 1. The highest BCUT2D eigenvalue weighted by Crippen LogP contribution is 2.28. The summed E-state index contributed by atoms with van der Waals surface area (Å²) in [6.45, 7) is 1.75. The van der Waals surface area contributed by atoms with Crippen LogP contribution in [0.25, 0.3) is 10.9 Å². The van der Waals surface area contributed by atoms with Crippen molar-refractivity contribution in [2.75, 3.05) is 5.32 Å². The van der Waals surface area contributed by atoms with Crippen molar-refractivity contribution < 1.29 is 13.2 Å². The van der Waals surface area contributed by atoms with Gasteiger partial charge in [0, 0.05) is 11.1 Å². The van der Waals surface area contributed by atoms with Crippen LogP contribution >= 0.6 is 11.8 Å². The molecule has 1 unspecified atom stereocenters. The smallest absolute Gasteiger partial charge is 0.238 e. The molecule has 0 bridgehead atoms. The average molecular weight is 388 g/mol. The Morgan fingerprint density at radius 2 is 1.92 bits per heavy atom. The molecule has 3 aromatic rings. The first-order chi connectivity index (χ1) is 12.3. The van der Waals surface area contributed by atoms with Crippen LogP contribution in [-0.4, -0.2) is 29.5 Å². The zero-order valence-corrected chi connectivity index (χ0v) is 15.4. The third-order valence-corrected chi connectivity index (χ3v) is 5.62. The van der Waals surface area contributed by atoms with Gasteiger partial charge in [-0.15, -0.1) is 0 Å². The van der Waals surface area contributed by atoms with Gasteiger partial charge in [0.2, 0.25) is 15.9 Å². The molecule has 26 heavy (non-hydrogen) atoms. The van der Waals surface area contributed by atoms with Gasteiger partial charge in [0.15, 0.2) is 0 Å². The summed E-state index contributed by atoms with van der Waals surface area (Å²) >= 11 is 1.30. The fourth-order valence-electron chi connectivity index (χ4n) is 2.29. The fraction of sp³-hybridized carbons (Fsp3) is 0.118. The number of anilines is 1. The number of fused-ring (bicyclic) bond motifs is 1. The van der Waals surface area contributed by atoms with Crippen molar-refractivity contribution in [3.8, 4) is 0 Å². The monoisotopic (exact) mass is 388 g/mol. The highest BCUT2D eigenvalue weighted by atomic mass is 32.2. The molecule has 0 fully saturated rings. The second-order valence-electron chi connectivity index (χ2n) is 5.52. The molecule has 3 N–H and O–H groups in total. The van der Waals surface area contributed by atoms with Crippen LogP contribution in [0.3, 0.4) is 0 Å². The zero-order valence-electron chi connectivity index (χ0n) is 13.8.